The van der Waals surface area contributed by atoms with Gasteiger partial charge in [0.25, 0.3) is 0 Å². The molecule has 96 valence electrons. The average molecular weight is 248 g/mol. The molecule has 0 aliphatic heterocycles. The Bertz CT molecular complexity index is 240. The van der Waals surface area contributed by atoms with E-state index < -0.39 is 16.3 Å². The Morgan fingerprint density at radius 3 is 2.25 bits per heavy atom. The van der Waals surface area contributed by atoms with Gasteiger partial charge in [0, 0.05) is 18.8 Å². The number of hydrogen-bond donors (Lipinski definition) is 1. The molecule has 3 nitrogen and oxygen atoms in total. The van der Waals surface area contributed by atoms with Crippen molar-refractivity contribution in [3.63, 3.8) is 0 Å². The Hall–Kier alpha value is -0.220. The van der Waals surface area contributed by atoms with Crippen LogP contribution >= 0.6 is 11.8 Å². The molecule has 16 heavy (non-hydrogen) atoms. The van der Waals surface area contributed by atoms with Gasteiger partial charge in [-0.2, -0.15) is 0 Å². The maximum atomic E-state index is 11.4. The normalized spacial score (nSPS) is 17.9. The van der Waals surface area contributed by atoms with Crippen LogP contribution in [0.1, 0.15) is 47.5 Å². The Balaban J connectivity index is 4.77. The van der Waals surface area contributed by atoms with Crippen LogP contribution in [0.25, 0.3) is 0 Å². The van der Waals surface area contributed by atoms with Gasteiger partial charge < -0.3 is 9.84 Å². The van der Waals surface area contributed by atoms with Crippen molar-refractivity contribution in [2.45, 2.75) is 63.1 Å². The molecule has 2 unspecified atom stereocenters. The molecule has 0 bridgehead atoms. The molecule has 4 heteroatoms. The van der Waals surface area contributed by atoms with E-state index >= 15 is 0 Å². The molecule has 0 saturated heterocycles. The molecule has 0 radical (unpaired) electrons. The van der Waals surface area contributed by atoms with Gasteiger partial charge in [0.15, 0.2) is 0 Å². The lowest BCUT2D eigenvalue weighted by Crippen LogP contribution is -2.41. The number of aliphatic carboxylic acids is 1. The maximum Gasteiger partial charge on any atom is 0.319 e. The van der Waals surface area contributed by atoms with Gasteiger partial charge in [-0.3, -0.25) is 4.79 Å². The van der Waals surface area contributed by atoms with Crippen molar-refractivity contribution in [3.8, 4) is 0 Å². The third kappa shape index (κ3) is 4.74. The van der Waals surface area contributed by atoms with Gasteiger partial charge in [-0.15, -0.1) is 11.8 Å². The van der Waals surface area contributed by atoms with Gasteiger partial charge in [0.1, 0.15) is 4.75 Å². The number of carboxylic acid groups (broad SMARTS) is 1. The highest BCUT2D eigenvalue weighted by molar-refractivity contribution is 8.01. The molecule has 0 heterocycles. The van der Waals surface area contributed by atoms with E-state index in [1.54, 1.807) is 14.0 Å². The van der Waals surface area contributed by atoms with E-state index in [-0.39, 0.29) is 0 Å². The molecule has 1 N–H and O–H groups in total. The summed E-state index contributed by atoms with van der Waals surface area (Å²) < 4.78 is 4.54. The smallest absolute Gasteiger partial charge is 0.319 e. The van der Waals surface area contributed by atoms with Crippen molar-refractivity contribution >= 4 is 17.7 Å². The molecule has 0 fully saturated rings. The first kappa shape index (κ1) is 15.8. The Labute approximate surface area is 103 Å². The fourth-order valence-corrected chi connectivity index (χ4v) is 3.17. The van der Waals surface area contributed by atoms with E-state index in [4.69, 9.17) is 4.74 Å². The molecule has 0 aliphatic carbocycles. The Morgan fingerprint density at radius 2 is 1.94 bits per heavy atom. The van der Waals surface area contributed by atoms with Gasteiger partial charge in [-0.25, -0.2) is 0 Å². The van der Waals surface area contributed by atoms with Crippen molar-refractivity contribution < 1.29 is 14.6 Å². The van der Waals surface area contributed by atoms with E-state index in [2.05, 4.69) is 13.8 Å². The number of carbonyl (C=O) groups is 1. The second-order valence-electron chi connectivity index (χ2n) is 5.01. The lowest BCUT2D eigenvalue weighted by molar-refractivity contribution is -0.141. The van der Waals surface area contributed by atoms with Crippen LogP contribution in [0.2, 0.25) is 0 Å². The topological polar surface area (TPSA) is 46.5 Å². The Morgan fingerprint density at radius 1 is 1.44 bits per heavy atom. The highest BCUT2D eigenvalue weighted by atomic mass is 32.2. The first-order valence-corrected chi connectivity index (χ1v) is 6.51. The number of hydrogen-bond acceptors (Lipinski definition) is 3. The molecule has 0 saturated carbocycles. The van der Waals surface area contributed by atoms with Crippen molar-refractivity contribution in [2.24, 2.45) is 0 Å². The SMILES string of the molecule is CCC(C)SC(C)(CC(C)(C)OC)C(=O)O. The summed E-state index contributed by atoms with van der Waals surface area (Å²) in [5, 5.41) is 9.70. The molecular weight excluding hydrogens is 224 g/mol. The van der Waals surface area contributed by atoms with Gasteiger partial charge in [0.05, 0.1) is 5.60 Å². The lowest BCUT2D eigenvalue weighted by atomic mass is 9.94. The Kier molecular flexibility index (Phi) is 5.84. The minimum atomic E-state index is -0.783. The molecule has 2 atom stereocenters. The van der Waals surface area contributed by atoms with Gasteiger partial charge in [0.2, 0.25) is 0 Å². The summed E-state index contributed by atoms with van der Waals surface area (Å²) in [5.74, 6) is -0.761. The van der Waals surface area contributed by atoms with E-state index in [0.717, 1.165) is 6.42 Å². The zero-order chi connectivity index (χ0) is 13.0. The highest BCUT2D eigenvalue weighted by Crippen LogP contribution is 2.38. The van der Waals surface area contributed by atoms with Crippen LogP contribution < -0.4 is 0 Å². The third-order valence-electron chi connectivity index (χ3n) is 2.80. The van der Waals surface area contributed by atoms with Crippen LogP contribution in [0.5, 0.6) is 0 Å². The second kappa shape index (κ2) is 5.92. The van der Waals surface area contributed by atoms with Crippen LogP contribution in [-0.4, -0.2) is 33.8 Å². The predicted octanol–water partition coefficient (Wildman–Crippen LogP) is 3.18. The van der Waals surface area contributed by atoms with Crippen LogP contribution in [0, 0.1) is 0 Å². The van der Waals surface area contributed by atoms with Crippen molar-refractivity contribution in [3.05, 3.63) is 0 Å². The summed E-state index contributed by atoms with van der Waals surface area (Å²) in [6.45, 7) is 9.76. The summed E-state index contributed by atoms with van der Waals surface area (Å²) in [5.41, 5.74) is -0.409. The average Bonchev–Trinajstić information content (AvgIpc) is 2.16. The zero-order valence-electron chi connectivity index (χ0n) is 11.2. The summed E-state index contributed by atoms with van der Waals surface area (Å²) in [4.78, 5) is 11.4. The molecule has 0 aromatic carbocycles. The maximum absolute atomic E-state index is 11.4. The minimum Gasteiger partial charge on any atom is -0.480 e. The molecule has 0 amide bonds. The first-order valence-electron chi connectivity index (χ1n) is 5.63. The molecule has 0 aliphatic rings. The summed E-state index contributed by atoms with van der Waals surface area (Å²) in [6.07, 6.45) is 1.47. The predicted molar refractivity (Wildman–Crippen MR) is 69.1 cm³/mol. The standard InChI is InChI=1S/C12H24O3S/c1-7-9(2)16-12(5,10(13)14)8-11(3,4)15-6/h9H,7-8H2,1-6H3,(H,13,14). The fraction of sp³-hybridized carbons (Fsp3) is 0.917. The van der Waals surface area contributed by atoms with E-state index in [9.17, 15) is 9.90 Å². The van der Waals surface area contributed by atoms with E-state index in [1.165, 1.54) is 11.8 Å². The first-order chi connectivity index (χ1) is 7.17. The monoisotopic (exact) mass is 248 g/mol. The molecular formula is C12H24O3S. The third-order valence-corrected chi connectivity index (χ3v) is 4.38. The van der Waals surface area contributed by atoms with Crippen molar-refractivity contribution in [1.82, 2.24) is 0 Å². The van der Waals surface area contributed by atoms with Crippen LogP contribution in [0.4, 0.5) is 0 Å². The van der Waals surface area contributed by atoms with E-state index in [0.29, 0.717) is 11.7 Å². The quantitative estimate of drug-likeness (QED) is 0.751. The largest absolute Gasteiger partial charge is 0.480 e. The summed E-state index contributed by atoms with van der Waals surface area (Å²) in [6, 6.07) is 0. The number of methoxy groups -OCH3 is 1. The van der Waals surface area contributed by atoms with Crippen LogP contribution in [0.15, 0.2) is 0 Å². The zero-order valence-corrected chi connectivity index (χ0v) is 12.0. The number of rotatable bonds is 7. The molecule has 0 spiro atoms. The van der Waals surface area contributed by atoms with Gasteiger partial charge >= 0.3 is 5.97 Å². The number of carboxylic acids is 1. The summed E-state index contributed by atoms with van der Waals surface area (Å²) in [7, 11) is 1.62. The van der Waals surface area contributed by atoms with Crippen molar-refractivity contribution in [2.75, 3.05) is 7.11 Å². The van der Waals surface area contributed by atoms with Crippen LogP contribution in [0.3, 0.4) is 0 Å². The number of thioether (sulfide) groups is 1. The molecule has 0 aromatic rings. The summed E-state index contributed by atoms with van der Waals surface area (Å²) >= 11 is 1.52. The lowest BCUT2D eigenvalue weighted by Gasteiger charge is -2.34. The highest BCUT2D eigenvalue weighted by Gasteiger charge is 2.40. The minimum absolute atomic E-state index is 0.341. The van der Waals surface area contributed by atoms with Crippen LogP contribution in [-0.2, 0) is 9.53 Å². The number of ether oxygens (including phenoxy) is 1. The fourth-order valence-electron chi connectivity index (χ4n) is 1.58. The van der Waals surface area contributed by atoms with Crippen molar-refractivity contribution in [1.29, 1.82) is 0 Å². The molecule has 0 aromatic heterocycles. The van der Waals surface area contributed by atoms with Gasteiger partial charge in [-0.05, 0) is 27.2 Å². The molecule has 0 rings (SSSR count). The second-order valence-corrected chi connectivity index (χ2v) is 6.95. The van der Waals surface area contributed by atoms with E-state index in [1.807, 2.05) is 13.8 Å². The van der Waals surface area contributed by atoms with Gasteiger partial charge in [-0.1, -0.05) is 13.8 Å².